The second kappa shape index (κ2) is 7.11. The molecule has 0 N–H and O–H groups in total. The molecule has 0 saturated heterocycles. The molecule has 0 radical (unpaired) electrons. The Kier molecular flexibility index (Phi) is 4.90. The van der Waals surface area contributed by atoms with Crippen molar-refractivity contribution in [2.75, 3.05) is 14.2 Å². The van der Waals surface area contributed by atoms with Gasteiger partial charge in [0.05, 0.1) is 18.9 Å². The van der Waals surface area contributed by atoms with E-state index in [-0.39, 0.29) is 5.91 Å². The second-order valence-electron chi connectivity index (χ2n) is 5.54. The fraction of sp³-hybridized carbons (Fsp3) is 0.263. The van der Waals surface area contributed by atoms with Gasteiger partial charge in [-0.3, -0.25) is 4.79 Å². The van der Waals surface area contributed by atoms with Gasteiger partial charge in [-0.15, -0.1) is 0 Å². The molecular weight excluding hydrogens is 336 g/mol. The van der Waals surface area contributed by atoms with E-state index in [1.54, 1.807) is 38.5 Å². The standard InChI is InChI=1S/C19H20N2O3S/c1-5-21-16-15(24-4)10-9-12(2)17(16)25-19(21)20-18(22)13-7-6-8-14(11-13)23-3/h6-11H,5H2,1-4H3. The van der Waals surface area contributed by atoms with Gasteiger partial charge in [-0.25, -0.2) is 0 Å². The van der Waals surface area contributed by atoms with Crippen molar-refractivity contribution in [3.8, 4) is 11.5 Å². The number of aromatic nitrogens is 1. The lowest BCUT2D eigenvalue weighted by molar-refractivity contribution is 0.0997. The molecule has 5 nitrogen and oxygen atoms in total. The number of nitrogens with zero attached hydrogens (tertiary/aromatic N) is 2. The predicted molar refractivity (Wildman–Crippen MR) is 99.7 cm³/mol. The SMILES string of the molecule is CCn1c(=NC(=O)c2cccc(OC)c2)sc2c(C)ccc(OC)c21. The highest BCUT2D eigenvalue weighted by molar-refractivity contribution is 7.16. The van der Waals surface area contributed by atoms with Crippen LogP contribution in [-0.2, 0) is 6.54 Å². The van der Waals surface area contributed by atoms with Crippen LogP contribution >= 0.6 is 11.3 Å². The molecule has 3 rings (SSSR count). The third-order valence-electron chi connectivity index (χ3n) is 4.04. The molecule has 1 heterocycles. The first-order chi connectivity index (χ1) is 12.1. The highest BCUT2D eigenvalue weighted by Crippen LogP contribution is 2.30. The molecule has 0 atom stereocenters. The topological polar surface area (TPSA) is 52.8 Å². The fourth-order valence-corrected chi connectivity index (χ4v) is 3.91. The smallest absolute Gasteiger partial charge is 0.279 e. The Morgan fingerprint density at radius 2 is 2.00 bits per heavy atom. The number of hydrogen-bond acceptors (Lipinski definition) is 4. The summed E-state index contributed by atoms with van der Waals surface area (Å²) >= 11 is 1.50. The van der Waals surface area contributed by atoms with Crippen molar-refractivity contribution in [1.82, 2.24) is 4.57 Å². The summed E-state index contributed by atoms with van der Waals surface area (Å²) in [5.41, 5.74) is 2.62. The lowest BCUT2D eigenvalue weighted by atomic mass is 10.2. The van der Waals surface area contributed by atoms with Gasteiger partial charge < -0.3 is 14.0 Å². The zero-order valence-corrected chi connectivity index (χ0v) is 15.5. The predicted octanol–water partition coefficient (Wildman–Crippen LogP) is 3.79. The number of carbonyl (C=O) groups excluding carboxylic acids is 1. The van der Waals surface area contributed by atoms with Crippen LogP contribution in [0.4, 0.5) is 0 Å². The number of carbonyl (C=O) groups is 1. The summed E-state index contributed by atoms with van der Waals surface area (Å²) in [4.78, 5) is 17.6. The molecule has 0 aliphatic heterocycles. The van der Waals surface area contributed by atoms with Gasteiger partial charge >= 0.3 is 0 Å². The lowest BCUT2D eigenvalue weighted by Crippen LogP contribution is -2.16. The summed E-state index contributed by atoms with van der Waals surface area (Å²) in [5.74, 6) is 1.14. The summed E-state index contributed by atoms with van der Waals surface area (Å²) in [7, 11) is 3.23. The van der Waals surface area contributed by atoms with E-state index in [0.29, 0.717) is 22.7 Å². The number of aryl methyl sites for hydroxylation is 2. The number of hydrogen-bond donors (Lipinski definition) is 0. The van der Waals surface area contributed by atoms with Crippen LogP contribution in [0.25, 0.3) is 10.2 Å². The molecule has 0 unspecified atom stereocenters. The molecule has 1 amide bonds. The normalized spacial score (nSPS) is 11.8. The van der Waals surface area contributed by atoms with Crippen LogP contribution in [0.15, 0.2) is 41.4 Å². The minimum atomic E-state index is -0.288. The maximum absolute atomic E-state index is 12.6. The Bertz CT molecular complexity index is 1000. The van der Waals surface area contributed by atoms with E-state index < -0.39 is 0 Å². The van der Waals surface area contributed by atoms with Crippen LogP contribution in [0.3, 0.4) is 0 Å². The van der Waals surface area contributed by atoms with E-state index in [1.807, 2.05) is 30.5 Å². The van der Waals surface area contributed by atoms with E-state index in [1.165, 1.54) is 11.3 Å². The third-order valence-corrected chi connectivity index (χ3v) is 5.25. The van der Waals surface area contributed by atoms with Gasteiger partial charge in [0.25, 0.3) is 5.91 Å². The number of thiazole rings is 1. The van der Waals surface area contributed by atoms with Crippen molar-refractivity contribution in [2.45, 2.75) is 20.4 Å². The number of rotatable bonds is 4. The monoisotopic (exact) mass is 356 g/mol. The summed E-state index contributed by atoms with van der Waals surface area (Å²) in [6.45, 7) is 4.78. The zero-order valence-electron chi connectivity index (χ0n) is 14.7. The second-order valence-corrected chi connectivity index (χ2v) is 6.52. The molecule has 1 aromatic heterocycles. The van der Waals surface area contributed by atoms with Crippen molar-refractivity contribution >= 4 is 27.5 Å². The molecule has 0 bridgehead atoms. The highest BCUT2D eigenvalue weighted by Gasteiger charge is 2.14. The van der Waals surface area contributed by atoms with Gasteiger partial charge in [0, 0.05) is 12.1 Å². The van der Waals surface area contributed by atoms with Crippen LogP contribution in [0, 0.1) is 6.92 Å². The molecule has 0 aliphatic carbocycles. The van der Waals surface area contributed by atoms with E-state index in [9.17, 15) is 4.79 Å². The maximum atomic E-state index is 12.6. The number of amides is 1. The van der Waals surface area contributed by atoms with Gasteiger partial charge in [0.1, 0.15) is 17.0 Å². The van der Waals surface area contributed by atoms with Crippen molar-refractivity contribution in [2.24, 2.45) is 4.99 Å². The quantitative estimate of drug-likeness (QED) is 0.715. The summed E-state index contributed by atoms with van der Waals surface area (Å²) in [5, 5.41) is 0. The summed E-state index contributed by atoms with van der Waals surface area (Å²) in [6, 6.07) is 11.0. The molecule has 25 heavy (non-hydrogen) atoms. The van der Waals surface area contributed by atoms with Gasteiger partial charge in [-0.1, -0.05) is 23.5 Å². The Morgan fingerprint density at radius 3 is 2.68 bits per heavy atom. The van der Waals surface area contributed by atoms with E-state index in [2.05, 4.69) is 4.99 Å². The number of fused-ring (bicyclic) bond motifs is 1. The zero-order chi connectivity index (χ0) is 18.0. The maximum Gasteiger partial charge on any atom is 0.279 e. The van der Waals surface area contributed by atoms with Crippen LogP contribution in [0.1, 0.15) is 22.8 Å². The molecule has 0 fully saturated rings. The molecule has 0 saturated carbocycles. The fourth-order valence-electron chi connectivity index (χ4n) is 2.73. The molecular formula is C19H20N2O3S. The Labute approximate surface area is 150 Å². The minimum absolute atomic E-state index is 0.288. The Morgan fingerprint density at radius 1 is 1.20 bits per heavy atom. The van der Waals surface area contributed by atoms with Crippen molar-refractivity contribution in [3.63, 3.8) is 0 Å². The highest BCUT2D eigenvalue weighted by atomic mass is 32.1. The number of ether oxygens (including phenoxy) is 2. The molecule has 0 aliphatic rings. The van der Waals surface area contributed by atoms with Crippen LogP contribution in [0.2, 0.25) is 0 Å². The largest absolute Gasteiger partial charge is 0.497 e. The van der Waals surface area contributed by atoms with Crippen LogP contribution < -0.4 is 14.3 Å². The minimum Gasteiger partial charge on any atom is -0.497 e. The molecule has 3 aromatic rings. The Hall–Kier alpha value is -2.60. The Balaban J connectivity index is 2.19. The van der Waals surface area contributed by atoms with E-state index >= 15 is 0 Å². The summed E-state index contributed by atoms with van der Waals surface area (Å²) in [6.07, 6.45) is 0. The first-order valence-electron chi connectivity index (χ1n) is 7.99. The van der Waals surface area contributed by atoms with Gasteiger partial charge in [-0.2, -0.15) is 4.99 Å². The number of benzene rings is 2. The van der Waals surface area contributed by atoms with Crippen LogP contribution in [0.5, 0.6) is 11.5 Å². The van der Waals surface area contributed by atoms with E-state index in [4.69, 9.17) is 9.47 Å². The molecule has 0 spiro atoms. The van der Waals surface area contributed by atoms with Gasteiger partial charge in [-0.05, 0) is 43.7 Å². The molecule has 2 aromatic carbocycles. The molecule has 130 valence electrons. The lowest BCUT2D eigenvalue weighted by Gasteiger charge is -2.07. The first kappa shape index (κ1) is 17.2. The third kappa shape index (κ3) is 3.17. The average molecular weight is 356 g/mol. The van der Waals surface area contributed by atoms with Crippen molar-refractivity contribution in [3.05, 3.63) is 52.3 Å². The van der Waals surface area contributed by atoms with Crippen molar-refractivity contribution in [1.29, 1.82) is 0 Å². The first-order valence-corrected chi connectivity index (χ1v) is 8.80. The van der Waals surface area contributed by atoms with Gasteiger partial charge in [0.15, 0.2) is 4.80 Å². The van der Waals surface area contributed by atoms with Gasteiger partial charge in [0.2, 0.25) is 0 Å². The number of methoxy groups -OCH3 is 2. The summed E-state index contributed by atoms with van der Waals surface area (Å²) < 4.78 is 13.8. The molecule has 6 heteroatoms. The average Bonchev–Trinajstić information content (AvgIpc) is 3.01. The van der Waals surface area contributed by atoms with Crippen LogP contribution in [-0.4, -0.2) is 24.7 Å². The van der Waals surface area contributed by atoms with E-state index in [0.717, 1.165) is 21.5 Å². The van der Waals surface area contributed by atoms with Crippen molar-refractivity contribution < 1.29 is 14.3 Å².